The lowest BCUT2D eigenvalue weighted by Gasteiger charge is -2.24. The number of nitrogens with zero attached hydrogens (tertiary/aromatic N) is 2. The van der Waals surface area contributed by atoms with Crippen LogP contribution in [-0.2, 0) is 6.42 Å². The smallest absolute Gasteiger partial charge is 0.0864 e. The number of hydrazine groups is 2. The molecule has 1 unspecified atom stereocenters. The third-order valence-corrected chi connectivity index (χ3v) is 4.46. The van der Waals surface area contributed by atoms with Crippen molar-refractivity contribution in [1.82, 2.24) is 15.6 Å². The minimum absolute atomic E-state index is 0.495. The second-order valence-electron chi connectivity index (χ2n) is 5.88. The molecule has 0 bridgehead atoms. The molecule has 0 spiro atoms. The van der Waals surface area contributed by atoms with Crippen molar-refractivity contribution < 1.29 is 5.11 Å². The molecular weight excluding hydrogens is 274 g/mol. The highest BCUT2D eigenvalue weighted by atomic mass is 16.3. The Morgan fingerprint density at radius 3 is 2.27 bits per heavy atom. The molecule has 22 heavy (non-hydrogen) atoms. The standard InChI is InChI=1S/C18H19N3O/c1-20-17-13-8-4-3-7-12(13)11-16(22)14-9-5-6-10-15(14)18(17)21(2)19-20/h3-10,16,19,22H,11H2,1-2H3. The Bertz CT molecular complexity index is 768. The molecule has 4 nitrogen and oxygen atoms in total. The molecular formula is C18H19N3O. The molecule has 2 aromatic rings. The van der Waals surface area contributed by atoms with Crippen LogP contribution in [0.1, 0.15) is 28.4 Å². The Labute approximate surface area is 130 Å². The molecule has 0 fully saturated rings. The summed E-state index contributed by atoms with van der Waals surface area (Å²) in [5.41, 5.74) is 9.98. The maximum Gasteiger partial charge on any atom is 0.0864 e. The van der Waals surface area contributed by atoms with Crippen LogP contribution in [0.4, 0.5) is 0 Å². The SMILES string of the molecule is CN1NN(C)C2=C1c1ccccc1CC(O)c1ccccc12. The Balaban J connectivity index is 2.08. The van der Waals surface area contributed by atoms with Crippen LogP contribution in [0.3, 0.4) is 0 Å². The second-order valence-corrected chi connectivity index (χ2v) is 5.88. The zero-order valence-corrected chi connectivity index (χ0v) is 12.7. The van der Waals surface area contributed by atoms with Gasteiger partial charge in [-0.15, -0.1) is 5.53 Å². The Morgan fingerprint density at radius 2 is 1.50 bits per heavy atom. The number of hydrogen-bond donors (Lipinski definition) is 2. The molecule has 1 heterocycles. The van der Waals surface area contributed by atoms with Crippen LogP contribution >= 0.6 is 0 Å². The van der Waals surface area contributed by atoms with Crippen LogP contribution in [0.5, 0.6) is 0 Å². The van der Waals surface area contributed by atoms with E-state index in [1.807, 2.05) is 48.4 Å². The van der Waals surface area contributed by atoms with Crippen molar-refractivity contribution in [2.75, 3.05) is 14.1 Å². The molecule has 1 aliphatic heterocycles. The minimum Gasteiger partial charge on any atom is -0.388 e. The predicted octanol–water partition coefficient (Wildman–Crippen LogP) is 2.40. The van der Waals surface area contributed by atoms with Crippen molar-refractivity contribution in [2.24, 2.45) is 0 Å². The maximum atomic E-state index is 10.7. The largest absolute Gasteiger partial charge is 0.388 e. The van der Waals surface area contributed by atoms with Gasteiger partial charge in [-0.3, -0.25) is 10.0 Å². The van der Waals surface area contributed by atoms with E-state index >= 15 is 0 Å². The van der Waals surface area contributed by atoms with Gasteiger partial charge in [0.15, 0.2) is 0 Å². The van der Waals surface area contributed by atoms with E-state index in [-0.39, 0.29) is 0 Å². The van der Waals surface area contributed by atoms with Crippen molar-refractivity contribution in [2.45, 2.75) is 12.5 Å². The van der Waals surface area contributed by atoms with Gasteiger partial charge in [-0.2, -0.15) is 0 Å². The fourth-order valence-electron chi connectivity index (χ4n) is 3.51. The number of aliphatic hydroxyl groups excluding tert-OH is 1. The van der Waals surface area contributed by atoms with Crippen LogP contribution in [0, 0.1) is 0 Å². The summed E-state index contributed by atoms with van der Waals surface area (Å²) >= 11 is 0. The predicted molar refractivity (Wildman–Crippen MR) is 87.0 cm³/mol. The third kappa shape index (κ3) is 1.85. The average molecular weight is 293 g/mol. The highest BCUT2D eigenvalue weighted by Gasteiger charge is 2.32. The summed E-state index contributed by atoms with van der Waals surface area (Å²) in [6.07, 6.45) is 0.132. The Hall–Kier alpha value is -2.30. The van der Waals surface area contributed by atoms with Crippen LogP contribution in [0.15, 0.2) is 48.5 Å². The fourth-order valence-corrected chi connectivity index (χ4v) is 3.51. The van der Waals surface area contributed by atoms with Gasteiger partial charge in [0.1, 0.15) is 0 Å². The zero-order valence-electron chi connectivity index (χ0n) is 12.7. The van der Waals surface area contributed by atoms with Crippen molar-refractivity contribution in [3.05, 3.63) is 70.8 Å². The molecule has 4 heteroatoms. The van der Waals surface area contributed by atoms with Gasteiger partial charge in [0.2, 0.25) is 0 Å². The lowest BCUT2D eigenvalue weighted by atomic mass is 9.88. The zero-order chi connectivity index (χ0) is 15.3. The molecule has 112 valence electrons. The van der Waals surface area contributed by atoms with Crippen LogP contribution in [0.2, 0.25) is 0 Å². The summed E-state index contributed by atoms with van der Waals surface area (Å²) in [4.78, 5) is 0. The lowest BCUT2D eigenvalue weighted by molar-refractivity contribution is 0.177. The van der Waals surface area contributed by atoms with Gasteiger partial charge in [-0.25, -0.2) is 0 Å². The van der Waals surface area contributed by atoms with E-state index in [9.17, 15) is 5.11 Å². The van der Waals surface area contributed by atoms with Gasteiger partial charge < -0.3 is 5.11 Å². The molecule has 0 saturated heterocycles. The molecule has 0 saturated carbocycles. The van der Waals surface area contributed by atoms with E-state index in [1.54, 1.807) is 0 Å². The first-order chi connectivity index (χ1) is 10.7. The molecule has 0 radical (unpaired) electrons. The number of aliphatic hydroxyl groups is 1. The minimum atomic E-state index is -0.495. The summed E-state index contributed by atoms with van der Waals surface area (Å²) in [7, 11) is 4.03. The van der Waals surface area contributed by atoms with E-state index in [2.05, 4.69) is 29.8 Å². The summed E-state index contributed by atoms with van der Waals surface area (Å²) in [5.74, 6) is 0. The summed E-state index contributed by atoms with van der Waals surface area (Å²) in [5, 5.41) is 14.8. The number of benzene rings is 2. The Kier molecular flexibility index (Phi) is 2.96. The molecule has 4 rings (SSSR count). The number of rotatable bonds is 0. The topological polar surface area (TPSA) is 38.7 Å². The number of hydrogen-bond acceptors (Lipinski definition) is 4. The lowest BCUT2D eigenvalue weighted by Crippen LogP contribution is -2.36. The van der Waals surface area contributed by atoms with E-state index < -0.39 is 6.10 Å². The van der Waals surface area contributed by atoms with Crippen LogP contribution < -0.4 is 5.53 Å². The fraction of sp³-hybridized carbons (Fsp3) is 0.222. The van der Waals surface area contributed by atoms with E-state index in [0.717, 1.165) is 22.5 Å². The molecule has 0 aromatic heterocycles. The first-order valence-corrected chi connectivity index (χ1v) is 7.50. The second kappa shape index (κ2) is 4.87. The molecule has 0 amide bonds. The van der Waals surface area contributed by atoms with Gasteiger partial charge in [0, 0.05) is 31.6 Å². The van der Waals surface area contributed by atoms with Crippen molar-refractivity contribution in [3.63, 3.8) is 0 Å². The number of fused-ring (bicyclic) bond motifs is 4. The monoisotopic (exact) mass is 293 g/mol. The first-order valence-electron chi connectivity index (χ1n) is 7.50. The summed E-state index contributed by atoms with van der Waals surface area (Å²) in [6.45, 7) is 0. The highest BCUT2D eigenvalue weighted by Crippen LogP contribution is 2.41. The molecule has 1 atom stereocenters. The van der Waals surface area contributed by atoms with Crippen molar-refractivity contribution in [3.8, 4) is 0 Å². The maximum absolute atomic E-state index is 10.7. The molecule has 2 aliphatic rings. The summed E-state index contributed by atoms with van der Waals surface area (Å²) < 4.78 is 0. The molecule has 2 aromatic carbocycles. The average Bonchev–Trinajstić information content (AvgIpc) is 2.80. The normalized spacial score (nSPS) is 20.2. The van der Waals surface area contributed by atoms with E-state index in [0.29, 0.717) is 6.42 Å². The molecule has 1 aliphatic carbocycles. The van der Waals surface area contributed by atoms with Gasteiger partial charge in [-0.1, -0.05) is 48.5 Å². The summed E-state index contributed by atoms with van der Waals surface area (Å²) in [6, 6.07) is 16.4. The van der Waals surface area contributed by atoms with Gasteiger partial charge in [-0.05, 0) is 11.1 Å². The van der Waals surface area contributed by atoms with Crippen LogP contribution in [-0.4, -0.2) is 29.2 Å². The van der Waals surface area contributed by atoms with E-state index in [1.165, 1.54) is 11.1 Å². The van der Waals surface area contributed by atoms with Gasteiger partial charge in [0.25, 0.3) is 0 Å². The number of nitrogens with one attached hydrogen (secondary N) is 1. The van der Waals surface area contributed by atoms with Crippen molar-refractivity contribution >= 4 is 11.4 Å². The van der Waals surface area contributed by atoms with Crippen LogP contribution in [0.25, 0.3) is 11.4 Å². The van der Waals surface area contributed by atoms with Gasteiger partial charge in [0.05, 0.1) is 17.5 Å². The van der Waals surface area contributed by atoms with Crippen molar-refractivity contribution in [1.29, 1.82) is 0 Å². The first kappa shape index (κ1) is 13.4. The quantitative estimate of drug-likeness (QED) is 0.782. The Morgan fingerprint density at radius 1 is 0.909 bits per heavy atom. The highest BCUT2D eigenvalue weighted by molar-refractivity contribution is 5.92. The molecule has 2 N–H and O–H groups in total. The van der Waals surface area contributed by atoms with E-state index in [4.69, 9.17) is 0 Å². The van der Waals surface area contributed by atoms with Gasteiger partial charge >= 0.3 is 0 Å². The third-order valence-electron chi connectivity index (χ3n) is 4.46.